The smallest absolute Gasteiger partial charge is 0.418 e. The third-order valence-corrected chi connectivity index (χ3v) is 2.47. The summed E-state index contributed by atoms with van der Waals surface area (Å²) < 4.78 is 43.2. The molecule has 0 amide bonds. The van der Waals surface area contributed by atoms with Crippen LogP contribution in [0.2, 0.25) is 0 Å². The van der Waals surface area contributed by atoms with Gasteiger partial charge in [0.2, 0.25) is 0 Å². The van der Waals surface area contributed by atoms with E-state index in [2.05, 4.69) is 9.72 Å². The molecule has 0 aliphatic carbocycles. The fourth-order valence-electron chi connectivity index (χ4n) is 1.52. The van der Waals surface area contributed by atoms with E-state index in [1.807, 2.05) is 0 Å². The lowest BCUT2D eigenvalue weighted by molar-refractivity contribution is -0.262. The molecule has 7 heteroatoms. The Morgan fingerprint density at radius 3 is 2.58 bits per heavy atom. The van der Waals surface area contributed by atoms with Crippen LogP contribution in [0.5, 0.6) is 0 Å². The van der Waals surface area contributed by atoms with Crippen molar-refractivity contribution in [3.05, 3.63) is 30.1 Å². The van der Waals surface area contributed by atoms with E-state index in [1.54, 1.807) is 6.07 Å². The van der Waals surface area contributed by atoms with Crippen LogP contribution in [0.25, 0.3) is 0 Å². The molecule has 1 N–H and O–H groups in total. The molecule has 0 aliphatic rings. The van der Waals surface area contributed by atoms with Crippen LogP contribution in [-0.2, 0) is 16.0 Å². The maximum absolute atomic E-state index is 12.9. The zero-order valence-corrected chi connectivity index (χ0v) is 10.3. The zero-order chi connectivity index (χ0) is 14.5. The van der Waals surface area contributed by atoms with Gasteiger partial charge in [-0.3, -0.25) is 9.78 Å². The molecule has 0 saturated heterocycles. The van der Waals surface area contributed by atoms with Gasteiger partial charge in [0.1, 0.15) is 0 Å². The highest BCUT2D eigenvalue weighted by Crippen LogP contribution is 2.35. The van der Waals surface area contributed by atoms with Crippen LogP contribution in [-0.4, -0.2) is 34.4 Å². The summed E-state index contributed by atoms with van der Waals surface area (Å²) >= 11 is 0. The molecule has 1 aromatic heterocycles. The van der Waals surface area contributed by atoms with Crippen LogP contribution in [0, 0.1) is 0 Å². The van der Waals surface area contributed by atoms with E-state index in [4.69, 9.17) is 0 Å². The van der Waals surface area contributed by atoms with Crippen molar-refractivity contribution in [3.8, 4) is 0 Å². The molecule has 0 aromatic carbocycles. The Balaban J connectivity index is 2.91. The summed E-state index contributed by atoms with van der Waals surface area (Å²) in [5.41, 5.74) is -3.13. The highest BCUT2D eigenvalue weighted by molar-refractivity contribution is 5.70. The Labute approximate surface area is 108 Å². The average molecular weight is 277 g/mol. The van der Waals surface area contributed by atoms with E-state index >= 15 is 0 Å². The fraction of sp³-hybridized carbons (Fsp3) is 0.500. The summed E-state index contributed by atoms with van der Waals surface area (Å²) in [7, 11) is 0. The minimum absolute atomic E-state index is 0.0453. The second-order valence-corrected chi connectivity index (χ2v) is 4.01. The molecule has 1 rings (SSSR count). The number of carbonyl (C=O) groups is 1. The standard InChI is InChI=1S/C12H14F3NO3/c1-2-19-10(17)8-11(18,12(13,14)15)7-9-5-3-4-6-16-9/h3-6,18H,2,7-8H2,1H3. The van der Waals surface area contributed by atoms with Gasteiger partial charge in [0, 0.05) is 18.3 Å². The molecular formula is C12H14F3NO3. The summed E-state index contributed by atoms with van der Waals surface area (Å²) in [6.07, 6.45) is -5.58. The van der Waals surface area contributed by atoms with E-state index in [0.29, 0.717) is 0 Å². The van der Waals surface area contributed by atoms with Crippen molar-refractivity contribution in [2.45, 2.75) is 31.5 Å². The molecular weight excluding hydrogens is 263 g/mol. The van der Waals surface area contributed by atoms with Crippen molar-refractivity contribution in [2.24, 2.45) is 0 Å². The normalized spacial score (nSPS) is 14.8. The maximum atomic E-state index is 12.9. The first-order valence-electron chi connectivity index (χ1n) is 5.63. The first kappa shape index (κ1) is 15.4. The number of hydrogen-bond donors (Lipinski definition) is 1. The van der Waals surface area contributed by atoms with Crippen molar-refractivity contribution in [2.75, 3.05) is 6.61 Å². The lowest BCUT2D eigenvalue weighted by atomic mass is 9.92. The van der Waals surface area contributed by atoms with Gasteiger partial charge in [-0.1, -0.05) is 6.07 Å². The van der Waals surface area contributed by atoms with Crippen molar-refractivity contribution in [1.29, 1.82) is 0 Å². The molecule has 19 heavy (non-hydrogen) atoms. The SMILES string of the molecule is CCOC(=O)CC(O)(Cc1ccccn1)C(F)(F)F. The Morgan fingerprint density at radius 2 is 2.11 bits per heavy atom. The van der Waals surface area contributed by atoms with Crippen molar-refractivity contribution in [1.82, 2.24) is 4.98 Å². The minimum atomic E-state index is -4.95. The largest absolute Gasteiger partial charge is 0.466 e. The molecule has 0 fully saturated rings. The second kappa shape index (κ2) is 6.01. The summed E-state index contributed by atoms with van der Waals surface area (Å²) in [6, 6.07) is 4.40. The minimum Gasteiger partial charge on any atom is -0.466 e. The number of rotatable bonds is 5. The Bertz CT molecular complexity index is 422. The molecule has 1 unspecified atom stereocenters. The van der Waals surface area contributed by atoms with Crippen LogP contribution in [0.15, 0.2) is 24.4 Å². The predicted molar refractivity (Wildman–Crippen MR) is 60.2 cm³/mol. The Hall–Kier alpha value is -1.63. The second-order valence-electron chi connectivity index (χ2n) is 4.01. The molecule has 1 atom stereocenters. The topological polar surface area (TPSA) is 59.4 Å². The average Bonchev–Trinajstić information content (AvgIpc) is 2.28. The van der Waals surface area contributed by atoms with Gasteiger partial charge in [-0.05, 0) is 19.1 Å². The monoisotopic (exact) mass is 277 g/mol. The fourth-order valence-corrected chi connectivity index (χ4v) is 1.52. The molecule has 0 spiro atoms. The summed E-state index contributed by atoms with van der Waals surface area (Å²) in [5.74, 6) is -1.10. The number of hydrogen-bond acceptors (Lipinski definition) is 4. The van der Waals surface area contributed by atoms with Gasteiger partial charge in [0.25, 0.3) is 0 Å². The lowest BCUT2D eigenvalue weighted by Gasteiger charge is -2.29. The van der Waals surface area contributed by atoms with Crippen molar-refractivity contribution in [3.63, 3.8) is 0 Å². The molecule has 106 valence electrons. The molecule has 0 aliphatic heterocycles. The molecule has 0 radical (unpaired) electrons. The van der Waals surface area contributed by atoms with E-state index in [1.165, 1.54) is 25.3 Å². The lowest BCUT2D eigenvalue weighted by Crippen LogP contribution is -2.49. The van der Waals surface area contributed by atoms with Gasteiger partial charge in [-0.15, -0.1) is 0 Å². The number of nitrogens with zero attached hydrogens (tertiary/aromatic N) is 1. The molecule has 4 nitrogen and oxygen atoms in total. The predicted octanol–water partition coefficient (Wildman–Crippen LogP) is 1.87. The van der Waals surface area contributed by atoms with Crippen LogP contribution < -0.4 is 0 Å². The summed E-state index contributed by atoms with van der Waals surface area (Å²) in [5, 5.41) is 9.73. The van der Waals surface area contributed by atoms with Crippen LogP contribution in [0.3, 0.4) is 0 Å². The maximum Gasteiger partial charge on any atom is 0.418 e. The number of esters is 1. The van der Waals surface area contributed by atoms with Gasteiger partial charge in [0.05, 0.1) is 13.0 Å². The number of halogens is 3. The Morgan fingerprint density at radius 1 is 1.42 bits per heavy atom. The zero-order valence-electron chi connectivity index (χ0n) is 10.3. The van der Waals surface area contributed by atoms with E-state index in [9.17, 15) is 23.1 Å². The van der Waals surface area contributed by atoms with Gasteiger partial charge < -0.3 is 9.84 Å². The van der Waals surface area contributed by atoms with Crippen molar-refractivity contribution >= 4 is 5.97 Å². The Kier molecular flexibility index (Phi) is 4.88. The highest BCUT2D eigenvalue weighted by Gasteiger charge is 2.55. The number of aliphatic hydroxyl groups is 1. The number of ether oxygens (including phenoxy) is 1. The first-order valence-corrected chi connectivity index (χ1v) is 5.63. The number of pyridine rings is 1. The molecule has 0 saturated carbocycles. The quantitative estimate of drug-likeness (QED) is 0.835. The van der Waals surface area contributed by atoms with Gasteiger partial charge >= 0.3 is 12.1 Å². The van der Waals surface area contributed by atoms with Gasteiger partial charge in [-0.2, -0.15) is 13.2 Å². The van der Waals surface area contributed by atoms with Crippen molar-refractivity contribution < 1.29 is 27.8 Å². The van der Waals surface area contributed by atoms with Gasteiger partial charge in [-0.25, -0.2) is 0 Å². The van der Waals surface area contributed by atoms with E-state index in [0.717, 1.165) is 0 Å². The van der Waals surface area contributed by atoms with E-state index in [-0.39, 0.29) is 12.3 Å². The van der Waals surface area contributed by atoms with E-state index < -0.39 is 30.6 Å². The number of aromatic nitrogens is 1. The van der Waals surface area contributed by atoms with Crippen LogP contribution in [0.4, 0.5) is 13.2 Å². The molecule has 1 heterocycles. The van der Waals surface area contributed by atoms with Crippen LogP contribution >= 0.6 is 0 Å². The highest BCUT2D eigenvalue weighted by atomic mass is 19.4. The van der Waals surface area contributed by atoms with Crippen LogP contribution in [0.1, 0.15) is 19.0 Å². The molecule has 0 bridgehead atoms. The first-order chi connectivity index (χ1) is 8.78. The van der Waals surface area contributed by atoms with Gasteiger partial charge in [0.15, 0.2) is 5.60 Å². The number of alkyl halides is 3. The summed E-state index contributed by atoms with van der Waals surface area (Å²) in [4.78, 5) is 14.9. The third-order valence-electron chi connectivity index (χ3n) is 2.47. The molecule has 1 aromatic rings. The third kappa shape index (κ3) is 4.20. The number of carbonyl (C=O) groups excluding carboxylic acids is 1. The summed E-state index contributed by atoms with van der Waals surface area (Å²) in [6.45, 7) is 1.43.